The van der Waals surface area contributed by atoms with Crippen LogP contribution in [0.25, 0.3) is 6.08 Å². The molecule has 0 bridgehead atoms. The van der Waals surface area contributed by atoms with Gasteiger partial charge in [0.05, 0.1) is 14.2 Å². The van der Waals surface area contributed by atoms with E-state index in [4.69, 9.17) is 21.7 Å². The van der Waals surface area contributed by atoms with Gasteiger partial charge in [0.15, 0.2) is 16.6 Å². The van der Waals surface area contributed by atoms with Crippen LogP contribution in [0.5, 0.6) is 11.5 Å². The zero-order chi connectivity index (χ0) is 18.7. The lowest BCUT2D eigenvalue weighted by Crippen LogP contribution is -2.55. The van der Waals surface area contributed by atoms with E-state index in [0.717, 1.165) is 5.56 Å². The van der Waals surface area contributed by atoms with Crippen molar-refractivity contribution in [2.75, 3.05) is 27.3 Å². The number of rotatable bonds is 5. The Balaban J connectivity index is 2.56. The summed E-state index contributed by atoms with van der Waals surface area (Å²) in [4.78, 5) is 28.3. The molecule has 2 amide bonds. The van der Waals surface area contributed by atoms with Crippen molar-refractivity contribution in [2.45, 2.75) is 20.8 Å². The second-order valence-corrected chi connectivity index (χ2v) is 5.87. The van der Waals surface area contributed by atoms with Gasteiger partial charge >= 0.3 is 0 Å². The summed E-state index contributed by atoms with van der Waals surface area (Å²) in [5.41, 5.74) is 1.67. The molecule has 1 heterocycles. The number of carbonyl (C=O) groups excluding carboxylic acids is 2. The largest absolute Gasteiger partial charge is 0.493 e. The van der Waals surface area contributed by atoms with Crippen molar-refractivity contribution in [1.82, 2.24) is 9.80 Å². The Hall–Kier alpha value is -2.41. The molecule has 1 saturated heterocycles. The third-order valence-corrected chi connectivity index (χ3v) is 4.56. The van der Waals surface area contributed by atoms with E-state index < -0.39 is 0 Å². The highest BCUT2D eigenvalue weighted by molar-refractivity contribution is 7.80. The number of methoxy groups -OCH3 is 2. The van der Waals surface area contributed by atoms with E-state index in [9.17, 15) is 9.59 Å². The SMILES string of the molecule is CCN1C(=O)C(=Cc2cc(OC)c(OC)cc2C)C(=O)N(CC)C1=S. The van der Waals surface area contributed by atoms with Crippen molar-refractivity contribution in [1.29, 1.82) is 0 Å². The normalized spacial score (nSPS) is 14.9. The van der Waals surface area contributed by atoms with Gasteiger partial charge < -0.3 is 9.47 Å². The van der Waals surface area contributed by atoms with Crippen LogP contribution in [0.15, 0.2) is 17.7 Å². The summed E-state index contributed by atoms with van der Waals surface area (Å²) in [6.07, 6.45) is 1.59. The number of benzene rings is 1. The molecule has 0 aromatic heterocycles. The first-order chi connectivity index (χ1) is 11.9. The van der Waals surface area contributed by atoms with E-state index in [-0.39, 0.29) is 22.5 Å². The Labute approximate surface area is 153 Å². The van der Waals surface area contributed by atoms with Crippen LogP contribution in [0.4, 0.5) is 0 Å². The molecule has 134 valence electrons. The maximum absolute atomic E-state index is 12.7. The van der Waals surface area contributed by atoms with Gasteiger partial charge in [-0.25, -0.2) is 0 Å². The molecule has 1 fully saturated rings. The Morgan fingerprint density at radius 1 is 1.00 bits per heavy atom. The number of carbonyl (C=O) groups is 2. The molecule has 0 aliphatic carbocycles. The zero-order valence-corrected chi connectivity index (χ0v) is 15.9. The number of ether oxygens (including phenoxy) is 2. The van der Waals surface area contributed by atoms with Gasteiger partial charge in [-0.3, -0.25) is 19.4 Å². The first-order valence-corrected chi connectivity index (χ1v) is 8.42. The number of thiocarbonyl (C=S) groups is 1. The monoisotopic (exact) mass is 362 g/mol. The van der Waals surface area contributed by atoms with Gasteiger partial charge in [-0.15, -0.1) is 0 Å². The number of amides is 2. The van der Waals surface area contributed by atoms with Crippen LogP contribution in [0.3, 0.4) is 0 Å². The van der Waals surface area contributed by atoms with Gasteiger partial charge in [0.25, 0.3) is 11.8 Å². The van der Waals surface area contributed by atoms with Crippen LogP contribution in [0.2, 0.25) is 0 Å². The summed E-state index contributed by atoms with van der Waals surface area (Å²) in [5, 5.41) is 0.251. The maximum atomic E-state index is 12.7. The van der Waals surface area contributed by atoms with Crippen molar-refractivity contribution >= 4 is 35.2 Å². The van der Waals surface area contributed by atoms with Crippen molar-refractivity contribution in [2.24, 2.45) is 0 Å². The molecule has 1 aromatic carbocycles. The average molecular weight is 362 g/mol. The van der Waals surface area contributed by atoms with Crippen LogP contribution >= 0.6 is 12.2 Å². The fourth-order valence-electron chi connectivity index (χ4n) is 2.69. The summed E-state index contributed by atoms with van der Waals surface area (Å²) in [5.74, 6) is 0.369. The third kappa shape index (κ3) is 3.37. The summed E-state index contributed by atoms with van der Waals surface area (Å²) in [7, 11) is 3.10. The maximum Gasteiger partial charge on any atom is 0.265 e. The van der Waals surface area contributed by atoms with E-state index in [1.165, 1.54) is 16.9 Å². The lowest BCUT2D eigenvalue weighted by molar-refractivity contribution is -0.133. The molecule has 1 aliphatic heterocycles. The van der Waals surface area contributed by atoms with Crippen LogP contribution in [-0.2, 0) is 9.59 Å². The third-order valence-electron chi connectivity index (χ3n) is 4.12. The van der Waals surface area contributed by atoms with E-state index in [1.807, 2.05) is 26.8 Å². The molecule has 1 aromatic rings. The summed E-state index contributed by atoms with van der Waals surface area (Å²) >= 11 is 5.26. The lowest BCUT2D eigenvalue weighted by Gasteiger charge is -2.35. The van der Waals surface area contributed by atoms with Gasteiger partial charge in [0.2, 0.25) is 0 Å². The zero-order valence-electron chi connectivity index (χ0n) is 15.1. The van der Waals surface area contributed by atoms with E-state index in [0.29, 0.717) is 30.2 Å². The summed E-state index contributed by atoms with van der Waals surface area (Å²) < 4.78 is 10.6. The minimum absolute atomic E-state index is 0.0904. The molecule has 0 N–H and O–H groups in total. The van der Waals surface area contributed by atoms with Crippen LogP contribution in [-0.4, -0.2) is 54.0 Å². The molecule has 6 nitrogen and oxygen atoms in total. The van der Waals surface area contributed by atoms with E-state index in [1.54, 1.807) is 19.3 Å². The lowest BCUT2D eigenvalue weighted by atomic mass is 10.0. The molecule has 7 heteroatoms. The van der Waals surface area contributed by atoms with Gasteiger partial charge in [-0.2, -0.15) is 0 Å². The molecule has 25 heavy (non-hydrogen) atoms. The molecule has 2 rings (SSSR count). The summed E-state index contributed by atoms with van der Waals surface area (Å²) in [6, 6.07) is 3.56. The molecule has 0 atom stereocenters. The Kier molecular flexibility index (Phi) is 5.79. The minimum Gasteiger partial charge on any atom is -0.493 e. The molecule has 0 unspecified atom stereocenters. The Bertz CT molecular complexity index is 730. The second-order valence-electron chi connectivity index (χ2n) is 5.50. The number of aryl methyl sites for hydroxylation is 1. The smallest absolute Gasteiger partial charge is 0.265 e. The van der Waals surface area contributed by atoms with Gasteiger partial charge in [-0.05, 0) is 62.3 Å². The number of hydrogen-bond acceptors (Lipinski definition) is 5. The highest BCUT2D eigenvalue weighted by atomic mass is 32.1. The van der Waals surface area contributed by atoms with Gasteiger partial charge in [0, 0.05) is 13.1 Å². The topological polar surface area (TPSA) is 59.1 Å². The highest BCUT2D eigenvalue weighted by Crippen LogP contribution is 2.32. The predicted molar refractivity (Wildman–Crippen MR) is 99.6 cm³/mol. The van der Waals surface area contributed by atoms with Gasteiger partial charge in [0.1, 0.15) is 5.57 Å². The molecular weight excluding hydrogens is 340 g/mol. The van der Waals surface area contributed by atoms with Crippen LogP contribution < -0.4 is 9.47 Å². The molecule has 0 radical (unpaired) electrons. The van der Waals surface area contributed by atoms with Crippen LogP contribution in [0, 0.1) is 6.92 Å². The van der Waals surface area contributed by atoms with Crippen molar-refractivity contribution < 1.29 is 19.1 Å². The number of hydrogen-bond donors (Lipinski definition) is 0. The van der Waals surface area contributed by atoms with Crippen molar-refractivity contribution in [3.63, 3.8) is 0 Å². The van der Waals surface area contributed by atoms with Crippen molar-refractivity contribution in [3.05, 3.63) is 28.8 Å². The van der Waals surface area contributed by atoms with Gasteiger partial charge in [-0.1, -0.05) is 0 Å². The van der Waals surface area contributed by atoms with Crippen LogP contribution in [0.1, 0.15) is 25.0 Å². The van der Waals surface area contributed by atoms with E-state index in [2.05, 4.69) is 0 Å². The Morgan fingerprint density at radius 3 is 1.92 bits per heavy atom. The number of nitrogens with zero attached hydrogens (tertiary/aromatic N) is 2. The van der Waals surface area contributed by atoms with Crippen molar-refractivity contribution in [3.8, 4) is 11.5 Å². The number of likely N-dealkylation sites (N-methyl/N-ethyl adjacent to an activating group) is 2. The fourth-order valence-corrected chi connectivity index (χ4v) is 3.11. The molecule has 0 spiro atoms. The second kappa shape index (κ2) is 7.65. The summed E-state index contributed by atoms with van der Waals surface area (Å²) in [6.45, 7) is 6.35. The average Bonchev–Trinajstić information content (AvgIpc) is 2.60. The predicted octanol–water partition coefficient (Wildman–Crippen LogP) is 2.39. The quantitative estimate of drug-likeness (QED) is 0.457. The fraction of sp³-hybridized carbons (Fsp3) is 0.389. The first kappa shape index (κ1) is 18.9. The standard InChI is InChI=1S/C18H22N2O4S/c1-6-19-16(21)13(17(22)20(7-2)18(19)25)9-12-10-15(24-5)14(23-4)8-11(12)3/h8-10H,6-7H2,1-5H3. The molecular formula is C18H22N2O4S. The molecule has 1 aliphatic rings. The highest BCUT2D eigenvalue weighted by Gasteiger charge is 2.37. The molecule has 0 saturated carbocycles. The van der Waals surface area contributed by atoms with E-state index >= 15 is 0 Å². The first-order valence-electron chi connectivity index (χ1n) is 8.01. The Morgan fingerprint density at radius 2 is 1.48 bits per heavy atom. The minimum atomic E-state index is -0.378.